The fourth-order valence-corrected chi connectivity index (χ4v) is 4.23. The molecule has 3 nitrogen and oxygen atoms in total. The van der Waals surface area contributed by atoms with Crippen LogP contribution in [0.15, 0.2) is 24.3 Å². The van der Waals surface area contributed by atoms with Gasteiger partial charge in [-0.05, 0) is 16.4 Å². The Morgan fingerprint density at radius 1 is 1.20 bits per heavy atom. The molecule has 0 aromatic heterocycles. The van der Waals surface area contributed by atoms with Crippen molar-refractivity contribution in [3.63, 3.8) is 0 Å². The van der Waals surface area contributed by atoms with Crippen molar-refractivity contribution < 1.29 is 8.42 Å². The van der Waals surface area contributed by atoms with Gasteiger partial charge in [0.05, 0.1) is 11.5 Å². The van der Waals surface area contributed by atoms with Crippen LogP contribution < -0.4 is 0 Å². The lowest BCUT2D eigenvalue weighted by atomic mass is 10.1. The second-order valence-corrected chi connectivity index (χ2v) is 9.48. The van der Waals surface area contributed by atoms with Crippen molar-refractivity contribution in [2.24, 2.45) is 0 Å². The van der Waals surface area contributed by atoms with Crippen molar-refractivity contribution in [2.45, 2.75) is 31.4 Å². The van der Waals surface area contributed by atoms with Crippen molar-refractivity contribution in [3.8, 4) is 0 Å². The van der Waals surface area contributed by atoms with Crippen molar-refractivity contribution >= 4 is 21.6 Å². The monoisotopic (exact) mass is 313 g/mol. The molecule has 5 heteroatoms. The van der Waals surface area contributed by atoms with E-state index in [2.05, 4.69) is 43.0 Å². The van der Waals surface area contributed by atoms with Crippen LogP contribution in [0.5, 0.6) is 0 Å². The van der Waals surface area contributed by atoms with Crippen LogP contribution in [0.3, 0.4) is 0 Å². The Labute approximate surface area is 126 Å². The molecule has 1 fully saturated rings. The Morgan fingerprint density at radius 3 is 2.50 bits per heavy atom. The van der Waals surface area contributed by atoms with Crippen LogP contribution in [0.2, 0.25) is 0 Å². The molecule has 1 aromatic carbocycles. The summed E-state index contributed by atoms with van der Waals surface area (Å²) in [6.07, 6.45) is 0. The van der Waals surface area contributed by atoms with E-state index in [1.165, 1.54) is 11.1 Å². The smallest absolute Gasteiger partial charge is 0.152 e. The highest BCUT2D eigenvalue weighted by atomic mass is 32.2. The SMILES string of the molecule is CC(C)SCc1cccc(CN2CCS(=O)(=O)CC2)c1. The summed E-state index contributed by atoms with van der Waals surface area (Å²) in [7, 11) is -2.78. The Hall–Kier alpha value is -0.520. The highest BCUT2D eigenvalue weighted by Gasteiger charge is 2.21. The molecule has 0 bridgehead atoms. The van der Waals surface area contributed by atoms with E-state index < -0.39 is 9.84 Å². The van der Waals surface area contributed by atoms with Crippen LogP contribution >= 0.6 is 11.8 Å². The maximum Gasteiger partial charge on any atom is 0.152 e. The predicted octanol–water partition coefficient (Wildman–Crippen LogP) is 2.56. The lowest BCUT2D eigenvalue weighted by Crippen LogP contribution is -2.39. The zero-order chi connectivity index (χ0) is 14.6. The quantitative estimate of drug-likeness (QED) is 0.837. The van der Waals surface area contributed by atoms with E-state index in [1.807, 2.05) is 11.8 Å². The zero-order valence-electron chi connectivity index (χ0n) is 12.2. The average molecular weight is 313 g/mol. The Bertz CT molecular complexity index is 527. The predicted molar refractivity (Wildman–Crippen MR) is 86.8 cm³/mol. The Balaban J connectivity index is 1.91. The van der Waals surface area contributed by atoms with Crippen LogP contribution in [-0.4, -0.2) is 43.2 Å². The number of hydrogen-bond acceptors (Lipinski definition) is 4. The number of sulfone groups is 1. The number of hydrogen-bond donors (Lipinski definition) is 0. The molecule has 0 saturated carbocycles. The molecule has 1 aromatic rings. The fraction of sp³-hybridized carbons (Fsp3) is 0.600. The second kappa shape index (κ2) is 6.96. The number of rotatable bonds is 5. The zero-order valence-corrected chi connectivity index (χ0v) is 13.8. The number of benzene rings is 1. The first-order chi connectivity index (χ1) is 9.44. The molecular weight excluding hydrogens is 290 g/mol. The third kappa shape index (κ3) is 5.11. The molecule has 2 rings (SSSR count). The lowest BCUT2D eigenvalue weighted by molar-refractivity contribution is 0.287. The van der Waals surface area contributed by atoms with Gasteiger partial charge in [0, 0.05) is 25.4 Å². The number of nitrogens with zero attached hydrogens (tertiary/aromatic N) is 1. The van der Waals surface area contributed by atoms with Gasteiger partial charge in [0.2, 0.25) is 0 Å². The Morgan fingerprint density at radius 2 is 1.85 bits per heavy atom. The molecule has 0 spiro atoms. The van der Waals surface area contributed by atoms with E-state index in [0.29, 0.717) is 29.8 Å². The maximum absolute atomic E-state index is 11.4. The van der Waals surface area contributed by atoms with Crippen LogP contribution in [0.1, 0.15) is 25.0 Å². The van der Waals surface area contributed by atoms with Crippen molar-refractivity contribution in [1.82, 2.24) is 4.90 Å². The normalized spacial score (nSPS) is 19.4. The van der Waals surface area contributed by atoms with E-state index >= 15 is 0 Å². The standard InChI is InChI=1S/C15H23NO2S2/c1-13(2)19-12-15-5-3-4-14(10-15)11-16-6-8-20(17,18)9-7-16/h3-5,10,13H,6-9,11-12H2,1-2H3. The van der Waals surface area contributed by atoms with Crippen LogP contribution in [0.25, 0.3) is 0 Å². The molecule has 20 heavy (non-hydrogen) atoms. The van der Waals surface area contributed by atoms with Gasteiger partial charge in [0.15, 0.2) is 9.84 Å². The fourth-order valence-electron chi connectivity index (χ4n) is 2.25. The van der Waals surface area contributed by atoms with Gasteiger partial charge in [0.25, 0.3) is 0 Å². The first-order valence-corrected chi connectivity index (χ1v) is 9.94. The van der Waals surface area contributed by atoms with Gasteiger partial charge in [0.1, 0.15) is 0 Å². The number of thioether (sulfide) groups is 1. The molecule has 0 atom stereocenters. The summed E-state index contributed by atoms with van der Waals surface area (Å²) in [4.78, 5) is 2.23. The molecule has 112 valence electrons. The van der Waals surface area contributed by atoms with Gasteiger partial charge in [-0.2, -0.15) is 11.8 Å². The summed E-state index contributed by atoms with van der Waals surface area (Å²) >= 11 is 1.95. The first-order valence-electron chi connectivity index (χ1n) is 7.07. The maximum atomic E-state index is 11.4. The summed E-state index contributed by atoms with van der Waals surface area (Å²) in [6, 6.07) is 8.65. The molecule has 1 heterocycles. The van der Waals surface area contributed by atoms with Gasteiger partial charge >= 0.3 is 0 Å². The van der Waals surface area contributed by atoms with Gasteiger partial charge < -0.3 is 0 Å². The summed E-state index contributed by atoms with van der Waals surface area (Å²) in [6.45, 7) is 6.60. The van der Waals surface area contributed by atoms with Crippen LogP contribution in [0.4, 0.5) is 0 Å². The van der Waals surface area contributed by atoms with E-state index in [0.717, 1.165) is 12.3 Å². The average Bonchev–Trinajstić information content (AvgIpc) is 2.39. The third-order valence-corrected chi connectivity index (χ3v) is 6.19. The molecule has 0 N–H and O–H groups in total. The minimum Gasteiger partial charge on any atom is -0.297 e. The highest BCUT2D eigenvalue weighted by Crippen LogP contribution is 2.19. The minimum absolute atomic E-state index is 0.301. The van der Waals surface area contributed by atoms with E-state index in [4.69, 9.17) is 0 Å². The van der Waals surface area contributed by atoms with Crippen molar-refractivity contribution in [2.75, 3.05) is 24.6 Å². The molecule has 0 radical (unpaired) electrons. The summed E-state index contributed by atoms with van der Waals surface area (Å²) < 4.78 is 22.8. The van der Waals surface area contributed by atoms with Crippen molar-refractivity contribution in [3.05, 3.63) is 35.4 Å². The largest absolute Gasteiger partial charge is 0.297 e. The highest BCUT2D eigenvalue weighted by molar-refractivity contribution is 7.99. The van der Waals surface area contributed by atoms with Gasteiger partial charge in [-0.25, -0.2) is 8.42 Å². The second-order valence-electron chi connectivity index (χ2n) is 5.61. The summed E-state index contributed by atoms with van der Waals surface area (Å²) in [5, 5.41) is 0.644. The van der Waals surface area contributed by atoms with E-state index in [-0.39, 0.29) is 0 Å². The van der Waals surface area contributed by atoms with E-state index in [9.17, 15) is 8.42 Å². The van der Waals surface area contributed by atoms with Crippen molar-refractivity contribution in [1.29, 1.82) is 0 Å². The van der Waals surface area contributed by atoms with E-state index in [1.54, 1.807) is 0 Å². The molecule has 0 amide bonds. The topological polar surface area (TPSA) is 37.4 Å². The molecule has 0 unspecified atom stereocenters. The Kier molecular flexibility index (Phi) is 5.52. The molecule has 1 aliphatic rings. The van der Waals surface area contributed by atoms with Gasteiger partial charge in [-0.3, -0.25) is 4.90 Å². The summed E-state index contributed by atoms with van der Waals surface area (Å²) in [5.41, 5.74) is 2.64. The lowest BCUT2D eigenvalue weighted by Gasteiger charge is -2.26. The molecular formula is C15H23NO2S2. The van der Waals surface area contributed by atoms with Gasteiger partial charge in [-0.15, -0.1) is 0 Å². The molecule has 0 aliphatic carbocycles. The first kappa shape index (κ1) is 15.9. The molecule has 1 saturated heterocycles. The third-order valence-electron chi connectivity index (χ3n) is 3.42. The molecule has 1 aliphatic heterocycles. The van der Waals surface area contributed by atoms with Crippen LogP contribution in [-0.2, 0) is 22.1 Å². The summed E-state index contributed by atoms with van der Waals surface area (Å²) in [5.74, 6) is 1.64. The minimum atomic E-state index is -2.78. The van der Waals surface area contributed by atoms with Crippen LogP contribution in [0, 0.1) is 0 Å². The van der Waals surface area contributed by atoms with Gasteiger partial charge in [-0.1, -0.05) is 38.1 Å².